The van der Waals surface area contributed by atoms with Crippen LogP contribution in [0.1, 0.15) is 32.3 Å². The van der Waals surface area contributed by atoms with Crippen molar-refractivity contribution in [2.24, 2.45) is 0 Å². The molecule has 7 nitrogen and oxygen atoms in total. The van der Waals surface area contributed by atoms with E-state index >= 15 is 0 Å². The first-order chi connectivity index (χ1) is 12.5. The van der Waals surface area contributed by atoms with Crippen LogP contribution in [0.15, 0.2) is 42.2 Å². The summed E-state index contributed by atoms with van der Waals surface area (Å²) >= 11 is 0. The van der Waals surface area contributed by atoms with Crippen LogP contribution in [0.3, 0.4) is 0 Å². The van der Waals surface area contributed by atoms with Gasteiger partial charge in [0.1, 0.15) is 11.7 Å². The van der Waals surface area contributed by atoms with Crippen molar-refractivity contribution in [3.63, 3.8) is 0 Å². The zero-order chi connectivity index (χ0) is 19.4. The number of ether oxygens (including phenoxy) is 2. The first-order valence-electron chi connectivity index (χ1n) is 8.52. The lowest BCUT2D eigenvalue weighted by Gasteiger charge is -2.13. The summed E-state index contributed by atoms with van der Waals surface area (Å²) in [5, 5.41) is 5.23. The summed E-state index contributed by atoms with van der Waals surface area (Å²) in [4.78, 5) is 35.4. The van der Waals surface area contributed by atoms with Crippen LogP contribution in [-0.4, -0.2) is 37.6 Å². The fraction of sp³-hybridized carbons (Fsp3) is 0.421. The van der Waals surface area contributed by atoms with E-state index < -0.39 is 18.0 Å². The number of hydrogen-bond acceptors (Lipinski definition) is 6. The summed E-state index contributed by atoms with van der Waals surface area (Å²) in [6.07, 6.45) is 2.93. The monoisotopic (exact) mass is 362 g/mol. The van der Waals surface area contributed by atoms with Crippen molar-refractivity contribution < 1.29 is 23.9 Å². The van der Waals surface area contributed by atoms with Gasteiger partial charge in [0.25, 0.3) is 0 Å². The number of hydrogen-bond donors (Lipinski definition) is 2. The molecule has 0 bridgehead atoms. The number of aryl methyl sites for hydroxylation is 1. The molecular formula is C19H26N2O5. The van der Waals surface area contributed by atoms with Gasteiger partial charge in [0.15, 0.2) is 0 Å². The average molecular weight is 362 g/mol. The zero-order valence-corrected chi connectivity index (χ0v) is 15.4. The third kappa shape index (κ3) is 7.83. The Morgan fingerprint density at radius 2 is 1.88 bits per heavy atom. The van der Waals surface area contributed by atoms with Crippen molar-refractivity contribution in [1.29, 1.82) is 0 Å². The van der Waals surface area contributed by atoms with E-state index in [1.165, 1.54) is 13.3 Å². The quantitative estimate of drug-likeness (QED) is 0.486. The molecule has 7 heteroatoms. The summed E-state index contributed by atoms with van der Waals surface area (Å²) < 4.78 is 9.51. The molecule has 0 aliphatic rings. The van der Waals surface area contributed by atoms with Gasteiger partial charge in [-0.15, -0.1) is 0 Å². The number of nitrogens with one attached hydrogen (secondary N) is 2. The van der Waals surface area contributed by atoms with Crippen molar-refractivity contribution in [3.8, 4) is 0 Å². The minimum absolute atomic E-state index is 0.0617. The minimum Gasteiger partial charge on any atom is -0.464 e. The van der Waals surface area contributed by atoms with Gasteiger partial charge in [-0.25, -0.2) is 9.59 Å². The third-order valence-corrected chi connectivity index (χ3v) is 3.51. The molecule has 1 aromatic rings. The Balaban J connectivity index is 2.54. The molecule has 1 aromatic carbocycles. The summed E-state index contributed by atoms with van der Waals surface area (Å²) in [6.45, 7) is 3.55. The van der Waals surface area contributed by atoms with Gasteiger partial charge in [0, 0.05) is 12.6 Å². The number of carbonyl (C=O) groups is 3. The Kier molecular flexibility index (Phi) is 9.53. The molecule has 142 valence electrons. The van der Waals surface area contributed by atoms with Gasteiger partial charge < -0.3 is 20.1 Å². The van der Waals surface area contributed by atoms with Crippen LogP contribution in [0, 0.1) is 0 Å². The Morgan fingerprint density at radius 3 is 2.50 bits per heavy atom. The smallest absolute Gasteiger partial charge is 0.356 e. The number of benzene rings is 1. The molecule has 0 aromatic heterocycles. The highest BCUT2D eigenvalue weighted by Crippen LogP contribution is 2.05. The lowest BCUT2D eigenvalue weighted by atomic mass is 10.1. The lowest BCUT2D eigenvalue weighted by molar-refractivity contribution is -0.145. The second-order valence-corrected chi connectivity index (χ2v) is 5.58. The maximum atomic E-state index is 12.1. The molecule has 0 heterocycles. The topological polar surface area (TPSA) is 93.7 Å². The zero-order valence-electron chi connectivity index (χ0n) is 15.4. The molecule has 26 heavy (non-hydrogen) atoms. The Morgan fingerprint density at radius 1 is 1.19 bits per heavy atom. The lowest BCUT2D eigenvalue weighted by Crippen LogP contribution is -2.35. The van der Waals surface area contributed by atoms with Crippen molar-refractivity contribution in [2.45, 2.75) is 39.2 Å². The van der Waals surface area contributed by atoms with Gasteiger partial charge in [0.05, 0.1) is 13.7 Å². The Hall–Kier alpha value is -2.83. The number of methoxy groups -OCH3 is 1. The maximum Gasteiger partial charge on any atom is 0.356 e. The van der Waals surface area contributed by atoms with Gasteiger partial charge in [-0.2, -0.15) is 0 Å². The van der Waals surface area contributed by atoms with Gasteiger partial charge in [-0.3, -0.25) is 4.79 Å². The largest absolute Gasteiger partial charge is 0.464 e. The first-order valence-corrected chi connectivity index (χ1v) is 8.52. The molecule has 1 amide bonds. The fourth-order valence-electron chi connectivity index (χ4n) is 2.11. The molecule has 0 radical (unpaired) electrons. The molecular weight excluding hydrogens is 336 g/mol. The van der Waals surface area contributed by atoms with Gasteiger partial charge >= 0.3 is 11.9 Å². The highest BCUT2D eigenvalue weighted by Gasteiger charge is 2.16. The van der Waals surface area contributed by atoms with Crippen molar-refractivity contribution in [2.75, 3.05) is 13.7 Å². The molecule has 1 atom stereocenters. The molecule has 0 fully saturated rings. The second kappa shape index (κ2) is 11.7. The first kappa shape index (κ1) is 21.2. The summed E-state index contributed by atoms with van der Waals surface area (Å²) in [6, 6.07) is 9.17. The van der Waals surface area contributed by atoms with Crippen LogP contribution in [0.25, 0.3) is 0 Å². The van der Waals surface area contributed by atoms with Crippen LogP contribution >= 0.6 is 0 Å². The van der Waals surface area contributed by atoms with E-state index in [-0.39, 0.29) is 24.6 Å². The van der Waals surface area contributed by atoms with Gasteiger partial charge in [0.2, 0.25) is 5.91 Å². The van der Waals surface area contributed by atoms with E-state index in [1.807, 2.05) is 30.3 Å². The van der Waals surface area contributed by atoms with Gasteiger partial charge in [-0.1, -0.05) is 30.3 Å². The summed E-state index contributed by atoms with van der Waals surface area (Å²) in [5.41, 5.74) is 1.09. The average Bonchev–Trinajstić information content (AvgIpc) is 2.65. The SMILES string of the molecule is CCOC(=O)[C@H](C)N/C=C(/NC(=O)CCCc1ccccc1)C(=O)OC. The van der Waals surface area contributed by atoms with E-state index in [9.17, 15) is 14.4 Å². The summed E-state index contributed by atoms with van der Waals surface area (Å²) in [5.74, 6) is -1.46. The summed E-state index contributed by atoms with van der Waals surface area (Å²) in [7, 11) is 1.21. The Bertz CT molecular complexity index is 628. The number of amides is 1. The molecule has 1 rings (SSSR count). The molecule has 0 saturated carbocycles. The normalized spacial score (nSPS) is 12.0. The number of esters is 2. The van der Waals surface area contributed by atoms with Crippen molar-refractivity contribution >= 4 is 17.8 Å². The van der Waals surface area contributed by atoms with Crippen molar-refractivity contribution in [1.82, 2.24) is 10.6 Å². The molecule has 0 aliphatic heterocycles. The van der Waals surface area contributed by atoms with Gasteiger partial charge in [-0.05, 0) is 32.3 Å². The minimum atomic E-state index is -0.704. The number of carbonyl (C=O) groups excluding carboxylic acids is 3. The molecule has 0 unspecified atom stereocenters. The third-order valence-electron chi connectivity index (χ3n) is 3.51. The van der Waals surface area contributed by atoms with Crippen LogP contribution in [0.5, 0.6) is 0 Å². The van der Waals surface area contributed by atoms with Crippen LogP contribution < -0.4 is 10.6 Å². The molecule has 0 saturated heterocycles. The molecule has 2 N–H and O–H groups in total. The second-order valence-electron chi connectivity index (χ2n) is 5.58. The van der Waals surface area contributed by atoms with Crippen LogP contribution in [0.4, 0.5) is 0 Å². The van der Waals surface area contributed by atoms with E-state index in [0.717, 1.165) is 12.0 Å². The Labute approximate surface area is 153 Å². The molecule has 0 aliphatic carbocycles. The van der Waals surface area contributed by atoms with E-state index in [4.69, 9.17) is 4.74 Å². The van der Waals surface area contributed by atoms with E-state index in [0.29, 0.717) is 6.42 Å². The van der Waals surface area contributed by atoms with E-state index in [2.05, 4.69) is 15.4 Å². The maximum absolute atomic E-state index is 12.1. The highest BCUT2D eigenvalue weighted by atomic mass is 16.5. The molecule has 0 spiro atoms. The van der Waals surface area contributed by atoms with Crippen LogP contribution in [0.2, 0.25) is 0 Å². The van der Waals surface area contributed by atoms with Crippen molar-refractivity contribution in [3.05, 3.63) is 47.8 Å². The fourth-order valence-corrected chi connectivity index (χ4v) is 2.11. The van der Waals surface area contributed by atoms with E-state index in [1.54, 1.807) is 13.8 Å². The van der Waals surface area contributed by atoms with Crippen LogP contribution in [-0.2, 0) is 30.3 Å². The predicted molar refractivity (Wildman–Crippen MR) is 96.9 cm³/mol. The highest BCUT2D eigenvalue weighted by molar-refractivity contribution is 5.93. The predicted octanol–water partition coefficient (Wildman–Crippen LogP) is 1.68. The standard InChI is InChI=1S/C19H26N2O5/c1-4-26-18(23)14(2)20-13-16(19(24)25-3)21-17(22)12-8-11-15-9-6-5-7-10-15/h5-7,9-10,13-14,20H,4,8,11-12H2,1-3H3,(H,21,22)/b16-13+/t14-/m0/s1. The number of rotatable bonds is 10.